The molecule has 0 saturated heterocycles. The summed E-state index contributed by atoms with van der Waals surface area (Å²) in [5, 5.41) is 7.37. The van der Waals surface area contributed by atoms with Crippen LogP contribution in [-0.4, -0.2) is 38.0 Å². The maximum absolute atomic E-state index is 12.8. The Kier molecular flexibility index (Phi) is 4.83. The van der Waals surface area contributed by atoms with Crippen molar-refractivity contribution < 1.29 is 9.59 Å². The van der Waals surface area contributed by atoms with E-state index in [4.69, 9.17) is 0 Å². The van der Waals surface area contributed by atoms with Crippen molar-refractivity contribution in [2.75, 3.05) is 6.54 Å². The molecule has 1 aliphatic rings. The van der Waals surface area contributed by atoms with Crippen molar-refractivity contribution in [2.45, 2.75) is 32.9 Å². The summed E-state index contributed by atoms with van der Waals surface area (Å²) in [6.45, 7) is 4.96. The fraction of sp³-hybridized carbons (Fsp3) is 0.444. The van der Waals surface area contributed by atoms with Gasteiger partial charge < -0.3 is 10.2 Å². The van der Waals surface area contributed by atoms with E-state index in [2.05, 4.69) is 15.4 Å². The zero-order valence-corrected chi connectivity index (χ0v) is 14.8. The topological polar surface area (TPSA) is 80.1 Å². The fourth-order valence-corrected chi connectivity index (χ4v) is 3.09. The smallest absolute Gasteiger partial charge is 0.231 e. The van der Waals surface area contributed by atoms with Crippen LogP contribution in [0.5, 0.6) is 0 Å². The number of fused-ring (bicyclic) bond motifs is 1. The molecular formula is C18H23N5O2. The van der Waals surface area contributed by atoms with Crippen molar-refractivity contribution in [1.82, 2.24) is 25.0 Å². The van der Waals surface area contributed by atoms with E-state index in [0.29, 0.717) is 19.6 Å². The van der Waals surface area contributed by atoms with Gasteiger partial charge in [0.1, 0.15) is 0 Å². The van der Waals surface area contributed by atoms with Gasteiger partial charge in [-0.15, -0.1) is 0 Å². The van der Waals surface area contributed by atoms with Gasteiger partial charge in [0.2, 0.25) is 11.8 Å². The molecule has 3 heterocycles. The molecule has 3 rings (SSSR count). The lowest BCUT2D eigenvalue weighted by Crippen LogP contribution is -2.44. The molecule has 1 atom stereocenters. The largest absolute Gasteiger partial charge is 0.350 e. The van der Waals surface area contributed by atoms with Crippen molar-refractivity contribution >= 4 is 11.8 Å². The second-order valence-corrected chi connectivity index (χ2v) is 6.68. The first-order valence-electron chi connectivity index (χ1n) is 8.44. The van der Waals surface area contributed by atoms with Gasteiger partial charge in [0.25, 0.3) is 0 Å². The molecule has 1 aliphatic heterocycles. The maximum atomic E-state index is 12.8. The molecule has 0 fully saturated rings. The Hall–Kier alpha value is -2.70. The third kappa shape index (κ3) is 3.70. The molecule has 132 valence electrons. The van der Waals surface area contributed by atoms with E-state index in [1.165, 1.54) is 0 Å². The second kappa shape index (κ2) is 7.04. The SMILES string of the molecule is CC(C)C(=O)N1Cc2cn(C)nc2[C@H](C(=O)NCc2ccccn2)C1. The zero-order valence-electron chi connectivity index (χ0n) is 14.8. The molecule has 0 aromatic carbocycles. The van der Waals surface area contributed by atoms with Gasteiger partial charge in [0.05, 0.1) is 23.9 Å². The number of carbonyl (C=O) groups is 2. The van der Waals surface area contributed by atoms with Gasteiger partial charge in [-0.25, -0.2) is 0 Å². The van der Waals surface area contributed by atoms with E-state index in [1.54, 1.807) is 15.8 Å². The highest BCUT2D eigenvalue weighted by Gasteiger charge is 2.35. The standard InChI is InChI=1S/C18H23N5O2/c1-12(2)18(25)23-10-13-9-22(3)21-16(13)15(11-23)17(24)20-8-14-6-4-5-7-19-14/h4-7,9,12,15H,8,10-11H2,1-3H3,(H,20,24)/t15-/m1/s1. The highest BCUT2D eigenvalue weighted by atomic mass is 16.2. The Bertz CT molecular complexity index is 769. The molecule has 1 N–H and O–H groups in total. The van der Waals surface area contributed by atoms with Crippen LogP contribution in [0.2, 0.25) is 0 Å². The van der Waals surface area contributed by atoms with Crippen LogP contribution in [-0.2, 0) is 29.7 Å². The number of pyridine rings is 1. The molecule has 0 saturated carbocycles. The van der Waals surface area contributed by atoms with Crippen molar-refractivity contribution in [3.05, 3.63) is 47.5 Å². The van der Waals surface area contributed by atoms with Crippen LogP contribution < -0.4 is 5.32 Å². The monoisotopic (exact) mass is 341 g/mol. The highest BCUT2D eigenvalue weighted by Crippen LogP contribution is 2.28. The number of amides is 2. The maximum Gasteiger partial charge on any atom is 0.231 e. The summed E-state index contributed by atoms with van der Waals surface area (Å²) in [6, 6.07) is 5.58. The summed E-state index contributed by atoms with van der Waals surface area (Å²) in [4.78, 5) is 31.1. The molecule has 25 heavy (non-hydrogen) atoms. The predicted octanol–water partition coefficient (Wildman–Crippen LogP) is 1.21. The Balaban J connectivity index is 1.78. The van der Waals surface area contributed by atoms with Crippen LogP contribution in [0.25, 0.3) is 0 Å². The van der Waals surface area contributed by atoms with Crippen LogP contribution in [0.15, 0.2) is 30.6 Å². The summed E-state index contributed by atoms with van der Waals surface area (Å²) < 4.78 is 1.70. The number of nitrogens with one attached hydrogen (secondary N) is 1. The van der Waals surface area contributed by atoms with E-state index in [1.807, 2.05) is 45.3 Å². The van der Waals surface area contributed by atoms with Gasteiger partial charge in [0, 0.05) is 44.0 Å². The quantitative estimate of drug-likeness (QED) is 0.906. The summed E-state index contributed by atoms with van der Waals surface area (Å²) in [7, 11) is 1.83. The molecule has 0 aliphatic carbocycles. The van der Waals surface area contributed by atoms with Crippen molar-refractivity contribution in [2.24, 2.45) is 13.0 Å². The first-order valence-corrected chi connectivity index (χ1v) is 8.44. The first-order chi connectivity index (χ1) is 12.0. The van der Waals surface area contributed by atoms with E-state index < -0.39 is 5.92 Å². The Morgan fingerprint density at radius 2 is 2.16 bits per heavy atom. The Labute approximate surface area is 147 Å². The van der Waals surface area contributed by atoms with E-state index in [-0.39, 0.29) is 17.7 Å². The predicted molar refractivity (Wildman–Crippen MR) is 92.3 cm³/mol. The van der Waals surface area contributed by atoms with E-state index >= 15 is 0 Å². The number of rotatable bonds is 4. The third-order valence-corrected chi connectivity index (χ3v) is 4.32. The van der Waals surface area contributed by atoms with E-state index in [0.717, 1.165) is 17.0 Å². The lowest BCUT2D eigenvalue weighted by molar-refractivity contribution is -0.136. The number of aromatic nitrogens is 3. The minimum Gasteiger partial charge on any atom is -0.350 e. The number of aryl methyl sites for hydroxylation is 1. The summed E-state index contributed by atoms with van der Waals surface area (Å²) in [5.41, 5.74) is 2.48. The number of hydrogen-bond donors (Lipinski definition) is 1. The summed E-state index contributed by atoms with van der Waals surface area (Å²) >= 11 is 0. The first kappa shape index (κ1) is 17.1. The number of carbonyl (C=O) groups excluding carboxylic acids is 2. The third-order valence-electron chi connectivity index (χ3n) is 4.32. The highest BCUT2D eigenvalue weighted by molar-refractivity contribution is 5.86. The van der Waals surface area contributed by atoms with Crippen molar-refractivity contribution in [1.29, 1.82) is 0 Å². The molecular weight excluding hydrogens is 318 g/mol. The average Bonchev–Trinajstić information content (AvgIpc) is 2.98. The fourth-order valence-electron chi connectivity index (χ4n) is 3.09. The van der Waals surface area contributed by atoms with Gasteiger partial charge in [0.15, 0.2) is 0 Å². The molecule has 0 radical (unpaired) electrons. The van der Waals surface area contributed by atoms with Crippen molar-refractivity contribution in [3.8, 4) is 0 Å². The summed E-state index contributed by atoms with van der Waals surface area (Å²) in [6.07, 6.45) is 3.58. The van der Waals surface area contributed by atoms with E-state index in [9.17, 15) is 9.59 Å². The Morgan fingerprint density at radius 1 is 1.36 bits per heavy atom. The van der Waals surface area contributed by atoms with Crippen LogP contribution in [0.1, 0.15) is 36.7 Å². The zero-order chi connectivity index (χ0) is 18.0. The van der Waals surface area contributed by atoms with Crippen LogP contribution >= 0.6 is 0 Å². The minimum absolute atomic E-state index is 0.0528. The second-order valence-electron chi connectivity index (χ2n) is 6.68. The minimum atomic E-state index is -0.462. The van der Waals surface area contributed by atoms with Gasteiger partial charge in [-0.1, -0.05) is 19.9 Å². The molecule has 2 aromatic heterocycles. The number of nitrogens with zero attached hydrogens (tertiary/aromatic N) is 4. The Morgan fingerprint density at radius 3 is 2.84 bits per heavy atom. The lowest BCUT2D eigenvalue weighted by Gasteiger charge is -2.32. The molecule has 2 aromatic rings. The van der Waals surface area contributed by atoms with Gasteiger partial charge >= 0.3 is 0 Å². The molecule has 2 amide bonds. The normalized spacial score (nSPS) is 16.6. The molecule has 0 bridgehead atoms. The van der Waals surface area contributed by atoms with Crippen LogP contribution in [0.4, 0.5) is 0 Å². The average molecular weight is 341 g/mol. The van der Waals surface area contributed by atoms with Crippen LogP contribution in [0.3, 0.4) is 0 Å². The molecule has 7 nitrogen and oxygen atoms in total. The summed E-state index contributed by atoms with van der Waals surface area (Å²) in [5.74, 6) is -0.643. The molecule has 0 spiro atoms. The van der Waals surface area contributed by atoms with Gasteiger partial charge in [-0.2, -0.15) is 5.10 Å². The number of hydrogen-bond acceptors (Lipinski definition) is 4. The van der Waals surface area contributed by atoms with Crippen LogP contribution in [0, 0.1) is 5.92 Å². The van der Waals surface area contributed by atoms with Gasteiger partial charge in [-0.3, -0.25) is 19.3 Å². The van der Waals surface area contributed by atoms with Gasteiger partial charge in [-0.05, 0) is 12.1 Å². The molecule has 7 heteroatoms. The van der Waals surface area contributed by atoms with Crippen molar-refractivity contribution in [3.63, 3.8) is 0 Å². The molecule has 0 unspecified atom stereocenters. The lowest BCUT2D eigenvalue weighted by atomic mass is 9.94.